The summed E-state index contributed by atoms with van der Waals surface area (Å²) in [4.78, 5) is 35.4. The number of hydrogen-bond donors (Lipinski definition) is 0. The number of unbranched alkanes of at least 4 members (excludes halogenated alkanes) is 2. The Labute approximate surface area is 135 Å². The van der Waals surface area contributed by atoms with E-state index < -0.39 is 24.0 Å². The molecule has 0 aromatic heterocycles. The predicted octanol–water partition coefficient (Wildman–Crippen LogP) is 2.83. The Morgan fingerprint density at radius 3 is 2.13 bits per heavy atom. The lowest BCUT2D eigenvalue weighted by molar-refractivity contribution is -0.149. The fraction of sp³-hybridized carbons (Fsp3) is 0.353. The molecule has 0 aliphatic rings. The van der Waals surface area contributed by atoms with E-state index in [2.05, 4.69) is 9.47 Å². The summed E-state index contributed by atoms with van der Waals surface area (Å²) in [6.45, 7) is 2.00. The molecule has 0 saturated heterocycles. The fourth-order valence-electron chi connectivity index (χ4n) is 1.98. The van der Waals surface area contributed by atoms with Gasteiger partial charge in [-0.1, -0.05) is 31.9 Å². The molecule has 23 heavy (non-hydrogen) atoms. The minimum absolute atomic E-state index is 0.0616. The van der Waals surface area contributed by atoms with Crippen molar-refractivity contribution >= 4 is 17.9 Å². The molecule has 0 spiro atoms. The van der Waals surface area contributed by atoms with Crippen LogP contribution in [0.1, 0.15) is 53.3 Å². The molecule has 0 amide bonds. The number of hydrogen-bond acceptors (Lipinski definition) is 6. The summed E-state index contributed by atoms with van der Waals surface area (Å²) in [7, 11) is 9.69. The van der Waals surface area contributed by atoms with E-state index in [4.69, 9.17) is 19.0 Å². The number of rotatable bonds is 8. The molecule has 0 aliphatic carbocycles. The van der Waals surface area contributed by atoms with E-state index in [9.17, 15) is 14.4 Å². The lowest BCUT2D eigenvalue weighted by Crippen LogP contribution is -2.28. The Balaban J connectivity index is 2.90. The van der Waals surface area contributed by atoms with E-state index in [1.54, 1.807) is 0 Å². The summed E-state index contributed by atoms with van der Waals surface area (Å²) in [5.41, 5.74) is -0.123. The molecular weight excluding hydrogens is 300 g/mol. The van der Waals surface area contributed by atoms with Gasteiger partial charge in [-0.3, -0.25) is 0 Å². The molecular formula is C17H18O6. The van der Waals surface area contributed by atoms with Crippen molar-refractivity contribution in [3.63, 3.8) is 0 Å². The molecule has 6 heteroatoms. The zero-order valence-electron chi connectivity index (χ0n) is 12.8. The second kappa shape index (κ2) is 9.61. The van der Waals surface area contributed by atoms with Gasteiger partial charge in [0, 0.05) is 0 Å². The average molecular weight is 318 g/mol. The highest BCUT2D eigenvalue weighted by molar-refractivity contribution is 6.03. The SMILES string of the molecule is [CH]OC(=O)c1ccccc1C(=O)OC(CCCCC)C(=O)O[CH]. The van der Waals surface area contributed by atoms with Crippen LogP contribution in [0.5, 0.6) is 0 Å². The van der Waals surface area contributed by atoms with Crippen molar-refractivity contribution in [2.45, 2.75) is 38.7 Å². The third-order valence-corrected chi connectivity index (χ3v) is 3.17. The van der Waals surface area contributed by atoms with Crippen molar-refractivity contribution in [3.8, 4) is 0 Å². The van der Waals surface area contributed by atoms with Gasteiger partial charge in [-0.25, -0.2) is 14.4 Å². The van der Waals surface area contributed by atoms with Crippen molar-refractivity contribution in [2.75, 3.05) is 0 Å². The lowest BCUT2D eigenvalue weighted by Gasteiger charge is -2.16. The normalized spacial score (nSPS) is 11.4. The van der Waals surface area contributed by atoms with Gasteiger partial charge in [0.2, 0.25) is 0 Å². The van der Waals surface area contributed by atoms with Crippen LogP contribution in [0.2, 0.25) is 0 Å². The number of esters is 3. The van der Waals surface area contributed by atoms with Crippen LogP contribution in [0.3, 0.4) is 0 Å². The van der Waals surface area contributed by atoms with Gasteiger partial charge in [-0.05, 0) is 25.0 Å². The van der Waals surface area contributed by atoms with Crippen LogP contribution in [0.4, 0.5) is 0 Å². The third-order valence-electron chi connectivity index (χ3n) is 3.17. The molecule has 0 aliphatic heterocycles. The van der Waals surface area contributed by atoms with Crippen LogP contribution in [0.15, 0.2) is 24.3 Å². The molecule has 1 unspecified atom stereocenters. The number of benzene rings is 1. The highest BCUT2D eigenvalue weighted by Gasteiger charge is 2.26. The Morgan fingerprint density at radius 1 is 1.00 bits per heavy atom. The van der Waals surface area contributed by atoms with Gasteiger partial charge in [-0.15, -0.1) is 0 Å². The monoisotopic (exact) mass is 318 g/mol. The number of ether oxygens (including phenoxy) is 3. The summed E-state index contributed by atoms with van der Waals surface area (Å²) in [6, 6.07) is 5.80. The smallest absolute Gasteiger partial charge is 0.348 e. The van der Waals surface area contributed by atoms with Crippen molar-refractivity contribution in [1.29, 1.82) is 0 Å². The van der Waals surface area contributed by atoms with Gasteiger partial charge in [0.25, 0.3) is 0 Å². The molecule has 122 valence electrons. The molecule has 0 saturated carbocycles. The highest BCUT2D eigenvalue weighted by Crippen LogP contribution is 2.16. The maximum absolute atomic E-state index is 12.2. The van der Waals surface area contributed by atoms with Gasteiger partial charge in [0.05, 0.1) is 11.1 Å². The first-order chi connectivity index (χ1) is 11.0. The van der Waals surface area contributed by atoms with Crippen LogP contribution in [0, 0.1) is 14.2 Å². The van der Waals surface area contributed by atoms with Crippen LogP contribution in [0.25, 0.3) is 0 Å². The Hall–Kier alpha value is -2.37. The summed E-state index contributed by atoms with van der Waals surface area (Å²) < 4.78 is 13.4. The quantitative estimate of drug-likeness (QED) is 0.416. The van der Waals surface area contributed by atoms with Crippen LogP contribution in [-0.2, 0) is 19.0 Å². The first-order valence-corrected chi connectivity index (χ1v) is 7.16. The fourth-order valence-corrected chi connectivity index (χ4v) is 1.98. The summed E-state index contributed by atoms with van der Waals surface area (Å²) in [6.07, 6.45) is 1.60. The Morgan fingerprint density at radius 2 is 1.61 bits per heavy atom. The topological polar surface area (TPSA) is 78.9 Å². The minimum Gasteiger partial charge on any atom is -0.451 e. The molecule has 0 bridgehead atoms. The largest absolute Gasteiger partial charge is 0.451 e. The second-order valence-corrected chi connectivity index (χ2v) is 4.78. The van der Waals surface area contributed by atoms with Crippen LogP contribution in [-0.4, -0.2) is 24.0 Å². The van der Waals surface area contributed by atoms with Crippen molar-refractivity contribution in [1.82, 2.24) is 0 Å². The summed E-state index contributed by atoms with van der Waals surface area (Å²) >= 11 is 0. The first-order valence-electron chi connectivity index (χ1n) is 7.16. The lowest BCUT2D eigenvalue weighted by atomic mass is 10.1. The first kappa shape index (κ1) is 18.7. The van der Waals surface area contributed by atoms with Gasteiger partial charge in [0.1, 0.15) is 0 Å². The summed E-state index contributed by atoms with van der Waals surface area (Å²) in [5, 5.41) is 0. The van der Waals surface area contributed by atoms with E-state index in [1.807, 2.05) is 6.92 Å². The molecule has 1 atom stereocenters. The molecule has 1 aromatic carbocycles. The minimum atomic E-state index is -1.14. The van der Waals surface area contributed by atoms with E-state index in [0.29, 0.717) is 6.42 Å². The number of carbonyl (C=O) groups excluding carboxylic acids is 3. The summed E-state index contributed by atoms with van der Waals surface area (Å²) in [5.74, 6) is -2.60. The molecule has 4 radical (unpaired) electrons. The maximum atomic E-state index is 12.2. The zero-order valence-corrected chi connectivity index (χ0v) is 12.8. The maximum Gasteiger partial charge on any atom is 0.348 e. The van der Waals surface area contributed by atoms with Gasteiger partial charge in [0.15, 0.2) is 20.3 Å². The van der Waals surface area contributed by atoms with Crippen LogP contribution >= 0.6 is 0 Å². The van der Waals surface area contributed by atoms with E-state index in [0.717, 1.165) is 12.8 Å². The van der Waals surface area contributed by atoms with E-state index >= 15 is 0 Å². The predicted molar refractivity (Wildman–Crippen MR) is 79.9 cm³/mol. The molecule has 6 nitrogen and oxygen atoms in total. The average Bonchev–Trinajstić information content (AvgIpc) is 2.59. The molecule has 0 fully saturated rings. The van der Waals surface area contributed by atoms with Crippen molar-refractivity contribution in [2.24, 2.45) is 0 Å². The third kappa shape index (κ3) is 5.39. The Bertz CT molecular complexity index is 552. The van der Waals surface area contributed by atoms with E-state index in [1.165, 1.54) is 24.3 Å². The Kier molecular flexibility index (Phi) is 7.80. The van der Waals surface area contributed by atoms with Gasteiger partial charge < -0.3 is 14.2 Å². The molecule has 1 rings (SSSR count). The molecule has 0 heterocycles. The van der Waals surface area contributed by atoms with Crippen molar-refractivity contribution in [3.05, 3.63) is 49.6 Å². The zero-order chi connectivity index (χ0) is 17.2. The van der Waals surface area contributed by atoms with Gasteiger partial charge in [-0.2, -0.15) is 0 Å². The molecule has 1 aromatic rings. The standard InChI is InChI=1S/C17H18O6/c1-4-5-6-11-14(17(20)22-3)23-16(19)13-10-8-7-9-12(13)15(18)21-2/h2-3,7-10,14H,4-6,11H2,1H3. The van der Waals surface area contributed by atoms with Crippen molar-refractivity contribution < 1.29 is 28.6 Å². The van der Waals surface area contributed by atoms with E-state index in [-0.39, 0.29) is 17.5 Å². The molecule has 0 N–H and O–H groups in total. The highest BCUT2D eigenvalue weighted by atomic mass is 16.6. The van der Waals surface area contributed by atoms with Gasteiger partial charge >= 0.3 is 17.9 Å². The van der Waals surface area contributed by atoms with Crippen LogP contribution < -0.4 is 0 Å². The second-order valence-electron chi connectivity index (χ2n) is 4.78. The number of carbonyl (C=O) groups is 3.